The van der Waals surface area contributed by atoms with Gasteiger partial charge in [0.1, 0.15) is 0 Å². The van der Waals surface area contributed by atoms with E-state index in [9.17, 15) is 9.90 Å². The zero-order valence-electron chi connectivity index (χ0n) is 15.5. The Morgan fingerprint density at radius 1 is 0.667 bits per heavy atom. The van der Waals surface area contributed by atoms with Gasteiger partial charge in [-0.2, -0.15) is 0 Å². The lowest BCUT2D eigenvalue weighted by atomic mass is 10.9. The van der Waals surface area contributed by atoms with Gasteiger partial charge in [-0.15, -0.1) is 0 Å². The van der Waals surface area contributed by atoms with Gasteiger partial charge in [-0.25, -0.2) is 9.03 Å². The van der Waals surface area contributed by atoms with Crippen LogP contribution in [-0.2, 0) is 26.6 Å². The van der Waals surface area contributed by atoms with E-state index in [2.05, 4.69) is 0 Å². The fourth-order valence-corrected chi connectivity index (χ4v) is 8.57. The Labute approximate surface area is 146 Å². The lowest BCUT2D eigenvalue weighted by molar-refractivity contribution is -0.0134. The minimum atomic E-state index is -3.81. The minimum absolute atomic E-state index is 0.213. The van der Waals surface area contributed by atoms with E-state index in [-0.39, 0.29) is 39.6 Å². The highest BCUT2D eigenvalue weighted by Crippen LogP contribution is 2.27. The Kier molecular flexibility index (Phi) is 11.7. The Morgan fingerprint density at radius 2 is 0.875 bits per heavy atom. The first kappa shape index (κ1) is 23.5. The maximum absolute atomic E-state index is 12.2. The Hall–Kier alpha value is -0.536. The third-order valence-corrected chi connectivity index (χ3v) is 9.74. The van der Waals surface area contributed by atoms with Crippen molar-refractivity contribution in [1.82, 2.24) is 4.23 Å². The van der Waals surface area contributed by atoms with Gasteiger partial charge in [0.15, 0.2) is 0 Å². The monoisotopic (exact) mass is 385 g/mol. The first-order valence-electron chi connectivity index (χ1n) is 8.30. The molecule has 0 aliphatic heterocycles. The van der Waals surface area contributed by atoms with Crippen LogP contribution in [0.3, 0.4) is 0 Å². The second-order valence-electron chi connectivity index (χ2n) is 4.26. The van der Waals surface area contributed by atoms with Crippen molar-refractivity contribution in [2.24, 2.45) is 0 Å². The minimum Gasteiger partial charge on any atom is -0.466 e. The number of nitrogens with zero attached hydrogens (tertiary/aromatic N) is 1. The first-order chi connectivity index (χ1) is 11.4. The molecular weight excluding hydrogens is 354 g/mol. The predicted molar refractivity (Wildman–Crippen MR) is 91.1 cm³/mol. The molecule has 0 aromatic carbocycles. The standard InChI is InChI=1S/C13H31NO8Si2/c1-7-17-23(18-8-2,19-9-3)14(13(15)16)24(20-10-4,21-11-5)22-12-6/h7-12H2,1-6H3,(H,15,16). The molecule has 0 rings (SSSR count). The van der Waals surface area contributed by atoms with Crippen molar-refractivity contribution >= 4 is 24.0 Å². The normalized spacial score (nSPS) is 12.4. The molecule has 0 saturated carbocycles. The maximum Gasteiger partial charge on any atom is 0.635 e. The van der Waals surface area contributed by atoms with Crippen LogP contribution in [0, 0.1) is 0 Å². The van der Waals surface area contributed by atoms with Crippen molar-refractivity contribution in [3.05, 3.63) is 0 Å². The van der Waals surface area contributed by atoms with Gasteiger partial charge >= 0.3 is 24.0 Å². The van der Waals surface area contributed by atoms with Gasteiger partial charge in [0.05, 0.1) is 0 Å². The molecule has 0 aromatic rings. The van der Waals surface area contributed by atoms with Gasteiger partial charge in [-0.1, -0.05) is 0 Å². The third-order valence-electron chi connectivity index (χ3n) is 2.70. The van der Waals surface area contributed by atoms with Crippen LogP contribution in [0.25, 0.3) is 0 Å². The first-order valence-corrected chi connectivity index (χ1v) is 11.6. The summed E-state index contributed by atoms with van der Waals surface area (Å²) < 4.78 is 35.2. The SMILES string of the molecule is CCO[Si](OCC)(OCC)N(C(=O)O)[Si](OCC)(OCC)OCC. The number of hydrogen-bond acceptors (Lipinski definition) is 7. The van der Waals surface area contributed by atoms with Crippen LogP contribution in [0.1, 0.15) is 41.5 Å². The summed E-state index contributed by atoms with van der Waals surface area (Å²) in [4.78, 5) is 12.2. The largest absolute Gasteiger partial charge is 0.635 e. The molecule has 0 fully saturated rings. The molecule has 11 heteroatoms. The number of amides is 1. The molecule has 144 valence electrons. The summed E-state index contributed by atoms with van der Waals surface area (Å²) in [6.45, 7) is 11.7. The van der Waals surface area contributed by atoms with Crippen LogP contribution < -0.4 is 0 Å². The zero-order valence-corrected chi connectivity index (χ0v) is 17.5. The fourth-order valence-electron chi connectivity index (χ4n) is 2.13. The third kappa shape index (κ3) is 5.77. The topological polar surface area (TPSA) is 95.9 Å². The Morgan fingerprint density at radius 3 is 1.00 bits per heavy atom. The van der Waals surface area contributed by atoms with Crippen LogP contribution in [-0.4, -0.2) is 73.0 Å². The van der Waals surface area contributed by atoms with Crippen molar-refractivity contribution in [2.75, 3.05) is 39.6 Å². The zero-order chi connectivity index (χ0) is 18.6. The van der Waals surface area contributed by atoms with E-state index in [4.69, 9.17) is 26.6 Å². The van der Waals surface area contributed by atoms with Crippen molar-refractivity contribution in [2.45, 2.75) is 41.5 Å². The van der Waals surface area contributed by atoms with E-state index in [1.54, 1.807) is 41.5 Å². The smallest absolute Gasteiger partial charge is 0.466 e. The summed E-state index contributed by atoms with van der Waals surface area (Å²) in [5.74, 6) is 0. The number of hydrogen-bond donors (Lipinski definition) is 1. The number of carboxylic acid groups (broad SMARTS) is 1. The number of rotatable bonds is 14. The summed E-state index contributed by atoms with van der Waals surface area (Å²) in [6.07, 6.45) is -1.32. The highest BCUT2D eigenvalue weighted by Gasteiger charge is 2.67. The van der Waals surface area contributed by atoms with Crippen molar-refractivity contribution in [1.29, 1.82) is 0 Å². The average molecular weight is 386 g/mol. The van der Waals surface area contributed by atoms with E-state index < -0.39 is 24.0 Å². The number of carbonyl (C=O) groups is 1. The van der Waals surface area contributed by atoms with Crippen LogP contribution in [0.4, 0.5) is 4.79 Å². The molecular formula is C13H31NO8Si2. The van der Waals surface area contributed by atoms with Crippen LogP contribution in [0.2, 0.25) is 0 Å². The Bertz CT molecular complexity index is 301. The van der Waals surface area contributed by atoms with E-state index in [1.807, 2.05) is 0 Å². The van der Waals surface area contributed by atoms with Crippen molar-refractivity contribution in [3.8, 4) is 0 Å². The highest BCUT2D eigenvalue weighted by molar-refractivity contribution is 6.78. The van der Waals surface area contributed by atoms with E-state index in [0.717, 1.165) is 4.23 Å². The van der Waals surface area contributed by atoms with Gasteiger partial charge in [0.2, 0.25) is 0 Å². The summed E-state index contributed by atoms with van der Waals surface area (Å²) >= 11 is 0. The molecule has 0 saturated heterocycles. The molecule has 0 aliphatic rings. The average Bonchev–Trinajstić information content (AvgIpc) is 2.48. The molecule has 0 heterocycles. The molecule has 1 amide bonds. The second kappa shape index (κ2) is 11.9. The summed E-state index contributed by atoms with van der Waals surface area (Å²) in [5.41, 5.74) is 0. The van der Waals surface area contributed by atoms with Crippen LogP contribution >= 0.6 is 0 Å². The second-order valence-corrected chi connectivity index (χ2v) is 9.43. The molecule has 0 aliphatic carbocycles. The van der Waals surface area contributed by atoms with Crippen LogP contribution in [0.15, 0.2) is 0 Å². The highest BCUT2D eigenvalue weighted by atomic mass is 28.5. The van der Waals surface area contributed by atoms with Crippen molar-refractivity contribution in [3.63, 3.8) is 0 Å². The molecule has 0 bridgehead atoms. The van der Waals surface area contributed by atoms with Gasteiger partial charge in [-0.3, -0.25) is 0 Å². The molecule has 1 N–H and O–H groups in total. The van der Waals surface area contributed by atoms with Crippen LogP contribution in [0.5, 0.6) is 0 Å². The molecule has 0 unspecified atom stereocenters. The predicted octanol–water partition coefficient (Wildman–Crippen LogP) is 2.06. The Balaban J connectivity index is 6.22. The molecule has 0 radical (unpaired) electrons. The van der Waals surface area contributed by atoms with E-state index in [0.29, 0.717) is 0 Å². The van der Waals surface area contributed by atoms with Gasteiger partial charge in [0.25, 0.3) is 0 Å². The van der Waals surface area contributed by atoms with Gasteiger partial charge < -0.3 is 31.7 Å². The summed E-state index contributed by atoms with van der Waals surface area (Å²) in [5, 5.41) is 9.92. The van der Waals surface area contributed by atoms with E-state index in [1.165, 1.54) is 0 Å². The fraction of sp³-hybridized carbons (Fsp3) is 0.923. The summed E-state index contributed by atoms with van der Waals surface area (Å²) in [6, 6.07) is 0. The lowest BCUT2D eigenvalue weighted by Gasteiger charge is -2.42. The summed E-state index contributed by atoms with van der Waals surface area (Å²) in [7, 11) is -7.63. The molecule has 0 aromatic heterocycles. The van der Waals surface area contributed by atoms with E-state index >= 15 is 0 Å². The lowest BCUT2D eigenvalue weighted by Crippen LogP contribution is -2.76. The van der Waals surface area contributed by atoms with Gasteiger partial charge in [-0.05, 0) is 41.5 Å². The molecule has 24 heavy (non-hydrogen) atoms. The molecule has 9 nitrogen and oxygen atoms in total. The maximum atomic E-state index is 12.2. The van der Waals surface area contributed by atoms with Gasteiger partial charge in [0, 0.05) is 39.6 Å². The molecule has 0 spiro atoms. The molecule has 0 atom stereocenters. The quantitative estimate of drug-likeness (QED) is 0.454. The van der Waals surface area contributed by atoms with Crippen molar-refractivity contribution < 1.29 is 36.5 Å².